The zero-order chi connectivity index (χ0) is 13.1. The molecule has 1 aromatic rings. The van der Waals surface area contributed by atoms with E-state index in [1.54, 1.807) is 0 Å². The summed E-state index contributed by atoms with van der Waals surface area (Å²) in [5.41, 5.74) is 0. The van der Waals surface area contributed by atoms with Gasteiger partial charge in [0.2, 0.25) is 0 Å². The summed E-state index contributed by atoms with van der Waals surface area (Å²) < 4.78 is 13.6. The Morgan fingerprint density at radius 2 is 2.11 bits per heavy atom. The van der Waals surface area contributed by atoms with Crippen LogP contribution in [0.2, 0.25) is 0 Å². The third kappa shape index (κ3) is 3.42. The zero-order valence-corrected chi connectivity index (χ0v) is 12.0. The molecule has 0 radical (unpaired) electrons. The minimum absolute atomic E-state index is 0.135. The van der Waals surface area contributed by atoms with Gasteiger partial charge in [-0.3, -0.25) is 0 Å². The number of halogens is 2. The van der Waals surface area contributed by atoms with E-state index in [0.29, 0.717) is 16.2 Å². The van der Waals surface area contributed by atoms with E-state index in [1.165, 1.54) is 12.3 Å². The summed E-state index contributed by atoms with van der Waals surface area (Å²) in [5.74, 6) is 0.864. The molecular formula is C13H18BrFN2O. The van der Waals surface area contributed by atoms with Crippen LogP contribution >= 0.6 is 15.9 Å². The van der Waals surface area contributed by atoms with Crippen molar-refractivity contribution in [2.45, 2.75) is 44.8 Å². The highest BCUT2D eigenvalue weighted by molar-refractivity contribution is 9.10. The number of nitrogens with zero attached hydrogens (tertiary/aromatic N) is 1. The van der Waals surface area contributed by atoms with Crippen molar-refractivity contribution in [3.05, 3.63) is 22.6 Å². The van der Waals surface area contributed by atoms with Crippen LogP contribution in [0.3, 0.4) is 0 Å². The summed E-state index contributed by atoms with van der Waals surface area (Å²) in [4.78, 5) is 4.05. The molecule has 1 heterocycles. The Labute approximate surface area is 115 Å². The first kappa shape index (κ1) is 13.7. The zero-order valence-electron chi connectivity index (χ0n) is 10.4. The van der Waals surface area contributed by atoms with Gasteiger partial charge in [-0.1, -0.05) is 0 Å². The van der Waals surface area contributed by atoms with Crippen molar-refractivity contribution in [2.24, 2.45) is 5.92 Å². The second-order valence-corrected chi connectivity index (χ2v) is 5.84. The lowest BCUT2D eigenvalue weighted by Crippen LogP contribution is -2.31. The fraction of sp³-hybridized carbons (Fsp3) is 0.615. The Morgan fingerprint density at radius 1 is 1.44 bits per heavy atom. The van der Waals surface area contributed by atoms with Crippen molar-refractivity contribution in [2.75, 3.05) is 5.32 Å². The molecule has 18 heavy (non-hydrogen) atoms. The first-order valence-corrected chi connectivity index (χ1v) is 7.11. The minimum Gasteiger partial charge on any atom is -0.393 e. The van der Waals surface area contributed by atoms with Crippen LogP contribution in [-0.4, -0.2) is 22.2 Å². The van der Waals surface area contributed by atoms with Crippen molar-refractivity contribution in [3.63, 3.8) is 0 Å². The lowest BCUT2D eigenvalue weighted by atomic mass is 9.83. The fourth-order valence-electron chi connectivity index (χ4n) is 2.46. The molecule has 1 aliphatic carbocycles. The van der Waals surface area contributed by atoms with Crippen molar-refractivity contribution in [1.82, 2.24) is 4.98 Å². The predicted octanol–water partition coefficient (Wildman–Crippen LogP) is 3.33. The fourth-order valence-corrected chi connectivity index (χ4v) is 2.89. The lowest BCUT2D eigenvalue weighted by Gasteiger charge is -2.31. The van der Waals surface area contributed by atoms with Crippen molar-refractivity contribution >= 4 is 21.7 Å². The average Bonchev–Trinajstić information content (AvgIpc) is 2.33. The van der Waals surface area contributed by atoms with Gasteiger partial charge in [0.05, 0.1) is 16.8 Å². The molecule has 0 spiro atoms. The SMILES string of the molecule is C[C@@H](Nc1ncc(F)cc1Br)C1CCC(O)CC1. The molecule has 0 unspecified atom stereocenters. The minimum atomic E-state index is -0.346. The Kier molecular flexibility index (Phi) is 4.56. The molecule has 3 nitrogen and oxygen atoms in total. The van der Waals surface area contributed by atoms with Gasteiger partial charge in [0.25, 0.3) is 0 Å². The number of aliphatic hydroxyl groups excluding tert-OH is 1. The predicted molar refractivity (Wildman–Crippen MR) is 72.9 cm³/mol. The van der Waals surface area contributed by atoms with Gasteiger partial charge in [0.15, 0.2) is 0 Å². The van der Waals surface area contributed by atoms with Crippen LogP contribution < -0.4 is 5.32 Å². The monoisotopic (exact) mass is 316 g/mol. The summed E-state index contributed by atoms with van der Waals surface area (Å²) in [6, 6.07) is 1.68. The molecule has 1 atom stereocenters. The van der Waals surface area contributed by atoms with Gasteiger partial charge in [-0.05, 0) is 60.5 Å². The average molecular weight is 317 g/mol. The van der Waals surface area contributed by atoms with E-state index in [1.807, 2.05) is 0 Å². The maximum Gasteiger partial charge on any atom is 0.142 e. The summed E-state index contributed by atoms with van der Waals surface area (Å²) in [7, 11) is 0. The number of aromatic nitrogens is 1. The molecule has 0 saturated heterocycles. The van der Waals surface area contributed by atoms with Gasteiger partial charge in [-0.25, -0.2) is 9.37 Å². The molecular weight excluding hydrogens is 299 g/mol. The summed E-state index contributed by atoms with van der Waals surface area (Å²) in [6.07, 6.45) is 4.86. The van der Waals surface area contributed by atoms with Gasteiger partial charge >= 0.3 is 0 Å². The van der Waals surface area contributed by atoms with E-state index < -0.39 is 0 Å². The smallest absolute Gasteiger partial charge is 0.142 e. The molecule has 0 aromatic carbocycles. The molecule has 5 heteroatoms. The number of pyridine rings is 1. The lowest BCUT2D eigenvalue weighted by molar-refractivity contribution is 0.105. The Balaban J connectivity index is 1.96. The van der Waals surface area contributed by atoms with E-state index in [9.17, 15) is 9.50 Å². The topological polar surface area (TPSA) is 45.2 Å². The van der Waals surface area contributed by atoms with Crippen LogP contribution in [0.15, 0.2) is 16.7 Å². The molecule has 0 aliphatic heterocycles. The highest BCUT2D eigenvalue weighted by Gasteiger charge is 2.24. The van der Waals surface area contributed by atoms with E-state index in [2.05, 4.69) is 33.2 Å². The number of hydrogen-bond donors (Lipinski definition) is 2. The molecule has 2 rings (SSSR count). The molecule has 1 saturated carbocycles. The van der Waals surface area contributed by atoms with Gasteiger partial charge in [-0.15, -0.1) is 0 Å². The normalized spacial score (nSPS) is 25.8. The Morgan fingerprint density at radius 3 is 2.72 bits per heavy atom. The number of hydrogen-bond acceptors (Lipinski definition) is 3. The highest BCUT2D eigenvalue weighted by Crippen LogP contribution is 2.29. The van der Waals surface area contributed by atoms with Gasteiger partial charge in [0, 0.05) is 6.04 Å². The third-order valence-corrected chi connectivity index (χ3v) is 4.23. The third-order valence-electron chi connectivity index (χ3n) is 3.62. The highest BCUT2D eigenvalue weighted by atomic mass is 79.9. The number of anilines is 1. The van der Waals surface area contributed by atoms with Crippen LogP contribution in [0.25, 0.3) is 0 Å². The van der Waals surface area contributed by atoms with Gasteiger partial charge < -0.3 is 10.4 Å². The van der Waals surface area contributed by atoms with E-state index in [0.717, 1.165) is 25.7 Å². The van der Waals surface area contributed by atoms with Crippen LogP contribution in [0, 0.1) is 11.7 Å². The second-order valence-electron chi connectivity index (χ2n) is 4.99. The first-order chi connectivity index (χ1) is 8.56. The maximum atomic E-state index is 12.9. The largest absolute Gasteiger partial charge is 0.393 e. The van der Waals surface area contributed by atoms with Crippen molar-refractivity contribution in [3.8, 4) is 0 Å². The standard InChI is InChI=1S/C13H18BrFN2O/c1-8(9-2-4-11(18)5-3-9)17-13-12(14)6-10(15)7-16-13/h6-9,11,18H,2-5H2,1H3,(H,16,17)/t8-,9?,11?/m1/s1. The maximum absolute atomic E-state index is 12.9. The first-order valence-electron chi connectivity index (χ1n) is 6.32. The van der Waals surface area contributed by atoms with E-state index >= 15 is 0 Å². The van der Waals surface area contributed by atoms with Crippen LogP contribution in [0.1, 0.15) is 32.6 Å². The molecule has 1 aliphatic rings. The van der Waals surface area contributed by atoms with Crippen LogP contribution in [0.4, 0.5) is 10.2 Å². The second kappa shape index (κ2) is 5.97. The van der Waals surface area contributed by atoms with Crippen LogP contribution in [-0.2, 0) is 0 Å². The Bertz CT molecular complexity index is 408. The van der Waals surface area contributed by atoms with Crippen molar-refractivity contribution in [1.29, 1.82) is 0 Å². The molecule has 0 amide bonds. The molecule has 1 fully saturated rings. The summed E-state index contributed by atoms with van der Waals surface area (Å²) >= 11 is 3.30. The molecule has 1 aromatic heterocycles. The number of rotatable bonds is 3. The quantitative estimate of drug-likeness (QED) is 0.899. The van der Waals surface area contributed by atoms with Crippen LogP contribution in [0.5, 0.6) is 0 Å². The molecule has 2 N–H and O–H groups in total. The Hall–Kier alpha value is -0.680. The summed E-state index contributed by atoms with van der Waals surface area (Å²) in [5, 5.41) is 12.8. The van der Waals surface area contributed by atoms with E-state index in [-0.39, 0.29) is 18.0 Å². The number of nitrogens with one attached hydrogen (secondary N) is 1. The van der Waals surface area contributed by atoms with Gasteiger partial charge in [0.1, 0.15) is 11.6 Å². The molecule has 0 bridgehead atoms. The molecule has 100 valence electrons. The number of aliphatic hydroxyl groups is 1. The van der Waals surface area contributed by atoms with Gasteiger partial charge in [-0.2, -0.15) is 0 Å². The van der Waals surface area contributed by atoms with E-state index in [4.69, 9.17) is 0 Å². The van der Waals surface area contributed by atoms with Crippen molar-refractivity contribution < 1.29 is 9.50 Å². The summed E-state index contributed by atoms with van der Waals surface area (Å²) in [6.45, 7) is 2.11.